The predicted molar refractivity (Wildman–Crippen MR) is 60.4 cm³/mol. The molecular formula is C7H7BrN4S2. The number of halogens is 1. The van der Waals surface area contributed by atoms with Crippen LogP contribution in [0.2, 0.25) is 0 Å². The highest BCUT2D eigenvalue weighted by Crippen LogP contribution is 2.27. The first-order valence-corrected chi connectivity index (χ1v) is 6.44. The van der Waals surface area contributed by atoms with Gasteiger partial charge in [-0.3, -0.25) is 0 Å². The Hall–Kier alpha value is -0.400. The van der Waals surface area contributed by atoms with Gasteiger partial charge < -0.3 is 0 Å². The summed E-state index contributed by atoms with van der Waals surface area (Å²) >= 11 is 6.80. The van der Waals surface area contributed by atoms with Gasteiger partial charge in [0, 0.05) is 17.7 Å². The molecule has 0 bridgehead atoms. The van der Waals surface area contributed by atoms with Gasteiger partial charge in [-0.2, -0.15) is 0 Å². The highest BCUT2D eigenvalue weighted by Gasteiger charge is 2.04. The Morgan fingerprint density at radius 3 is 3.00 bits per heavy atom. The van der Waals surface area contributed by atoms with E-state index in [0.29, 0.717) is 0 Å². The molecule has 0 unspecified atom stereocenters. The molecule has 2 heterocycles. The van der Waals surface area contributed by atoms with Crippen LogP contribution in [0.3, 0.4) is 0 Å². The molecule has 0 fully saturated rings. The average Bonchev–Trinajstić information content (AvgIpc) is 2.72. The monoisotopic (exact) mass is 290 g/mol. The van der Waals surface area contributed by atoms with Crippen molar-refractivity contribution in [2.24, 2.45) is 7.05 Å². The second kappa shape index (κ2) is 4.41. The summed E-state index contributed by atoms with van der Waals surface area (Å²) in [6, 6.07) is 4.15. The van der Waals surface area contributed by atoms with Crippen LogP contribution in [0.25, 0.3) is 0 Å². The molecule has 0 N–H and O–H groups in total. The van der Waals surface area contributed by atoms with Crippen molar-refractivity contribution in [2.45, 2.75) is 10.9 Å². The van der Waals surface area contributed by atoms with Crippen molar-refractivity contribution in [3.63, 3.8) is 0 Å². The maximum absolute atomic E-state index is 3.90. The molecule has 14 heavy (non-hydrogen) atoms. The molecule has 0 aromatic carbocycles. The van der Waals surface area contributed by atoms with Crippen LogP contribution in [0.4, 0.5) is 0 Å². The van der Waals surface area contributed by atoms with Crippen molar-refractivity contribution >= 4 is 39.0 Å². The van der Waals surface area contributed by atoms with Gasteiger partial charge in [0.05, 0.1) is 3.79 Å². The number of rotatable bonds is 3. The van der Waals surface area contributed by atoms with Crippen molar-refractivity contribution < 1.29 is 0 Å². The molecule has 2 rings (SSSR count). The van der Waals surface area contributed by atoms with Crippen molar-refractivity contribution in [3.8, 4) is 0 Å². The van der Waals surface area contributed by atoms with Crippen molar-refractivity contribution in [1.82, 2.24) is 20.2 Å². The van der Waals surface area contributed by atoms with Crippen LogP contribution in [-0.4, -0.2) is 20.2 Å². The first kappa shape index (κ1) is 10.1. The fourth-order valence-corrected chi connectivity index (χ4v) is 3.28. The highest BCUT2D eigenvalue weighted by atomic mass is 79.9. The van der Waals surface area contributed by atoms with E-state index in [4.69, 9.17) is 0 Å². The summed E-state index contributed by atoms with van der Waals surface area (Å²) in [5, 5.41) is 12.1. The molecular weight excluding hydrogens is 284 g/mol. The van der Waals surface area contributed by atoms with Crippen molar-refractivity contribution in [1.29, 1.82) is 0 Å². The molecule has 0 amide bonds. The maximum atomic E-state index is 3.90. The molecule has 0 radical (unpaired) electrons. The van der Waals surface area contributed by atoms with E-state index in [1.165, 1.54) is 4.88 Å². The zero-order chi connectivity index (χ0) is 9.97. The van der Waals surface area contributed by atoms with E-state index in [2.05, 4.69) is 43.6 Å². The Balaban J connectivity index is 1.98. The number of thioether (sulfide) groups is 1. The van der Waals surface area contributed by atoms with Gasteiger partial charge in [0.2, 0.25) is 5.16 Å². The van der Waals surface area contributed by atoms with Crippen LogP contribution in [-0.2, 0) is 12.8 Å². The lowest BCUT2D eigenvalue weighted by atomic mass is 10.5. The van der Waals surface area contributed by atoms with Crippen LogP contribution in [0, 0.1) is 0 Å². The molecule has 2 aromatic rings. The molecule has 0 atom stereocenters. The highest BCUT2D eigenvalue weighted by molar-refractivity contribution is 9.11. The minimum Gasteiger partial charge on any atom is -0.224 e. The lowest BCUT2D eigenvalue weighted by Gasteiger charge is -1.95. The predicted octanol–water partition coefficient (Wildman–Crippen LogP) is 2.33. The van der Waals surface area contributed by atoms with Gasteiger partial charge in [-0.1, -0.05) is 11.8 Å². The maximum Gasteiger partial charge on any atom is 0.209 e. The molecule has 0 aliphatic heterocycles. The molecule has 0 aliphatic carbocycles. The van der Waals surface area contributed by atoms with Gasteiger partial charge >= 0.3 is 0 Å². The summed E-state index contributed by atoms with van der Waals surface area (Å²) in [4.78, 5) is 1.31. The number of thiophene rings is 1. The Bertz CT molecular complexity index is 425. The standard InChI is InChI=1S/C7H7BrN4S2/c1-12-7(9-10-11-12)13-4-5-2-3-6(8)14-5/h2-3H,4H2,1H3. The van der Waals surface area contributed by atoms with E-state index in [-0.39, 0.29) is 0 Å². The quantitative estimate of drug-likeness (QED) is 0.814. The zero-order valence-electron chi connectivity index (χ0n) is 7.35. The first-order chi connectivity index (χ1) is 6.75. The molecule has 74 valence electrons. The number of hydrogen-bond acceptors (Lipinski definition) is 5. The molecule has 0 saturated heterocycles. The lowest BCUT2D eigenvalue weighted by molar-refractivity contribution is 0.664. The molecule has 0 saturated carbocycles. The Morgan fingerprint density at radius 2 is 2.43 bits per heavy atom. The van der Waals surface area contributed by atoms with Crippen LogP contribution in [0.15, 0.2) is 21.1 Å². The molecule has 0 spiro atoms. The van der Waals surface area contributed by atoms with Gasteiger partial charge in [-0.25, -0.2) is 4.68 Å². The topological polar surface area (TPSA) is 43.6 Å². The third-order valence-corrected chi connectivity index (χ3v) is 4.42. The van der Waals surface area contributed by atoms with Gasteiger partial charge in [0.1, 0.15) is 0 Å². The minimum absolute atomic E-state index is 0.842. The second-order valence-corrected chi connectivity index (χ2v) is 6.07. The number of hydrogen-bond donors (Lipinski definition) is 0. The summed E-state index contributed by atoms with van der Waals surface area (Å²) < 4.78 is 2.83. The van der Waals surface area contributed by atoms with Gasteiger partial charge in [-0.15, -0.1) is 16.4 Å². The van der Waals surface area contributed by atoms with Crippen molar-refractivity contribution in [2.75, 3.05) is 0 Å². The zero-order valence-corrected chi connectivity index (χ0v) is 10.6. The Labute approximate surface area is 97.8 Å². The van der Waals surface area contributed by atoms with Gasteiger partial charge in [0.25, 0.3) is 0 Å². The van der Waals surface area contributed by atoms with Crippen LogP contribution >= 0.6 is 39.0 Å². The fourth-order valence-electron chi connectivity index (χ4n) is 0.909. The van der Waals surface area contributed by atoms with E-state index in [9.17, 15) is 0 Å². The van der Waals surface area contributed by atoms with Crippen LogP contribution in [0.5, 0.6) is 0 Å². The fraction of sp³-hybridized carbons (Fsp3) is 0.286. The van der Waals surface area contributed by atoms with Crippen molar-refractivity contribution in [3.05, 3.63) is 20.8 Å². The third-order valence-electron chi connectivity index (χ3n) is 1.55. The normalized spacial score (nSPS) is 10.7. The number of aryl methyl sites for hydroxylation is 1. The van der Waals surface area contributed by atoms with Gasteiger partial charge in [0.15, 0.2) is 0 Å². The Morgan fingerprint density at radius 1 is 1.57 bits per heavy atom. The average molecular weight is 291 g/mol. The van der Waals surface area contributed by atoms with Gasteiger partial charge in [-0.05, 0) is 38.5 Å². The summed E-state index contributed by atoms with van der Waals surface area (Å²) in [5.74, 6) is 0.907. The Kier molecular flexibility index (Phi) is 3.19. The van der Waals surface area contributed by atoms with Crippen LogP contribution < -0.4 is 0 Å². The third kappa shape index (κ3) is 2.34. The SMILES string of the molecule is Cn1nnnc1SCc1ccc(Br)s1. The summed E-state index contributed by atoms with van der Waals surface area (Å²) in [5.41, 5.74) is 0. The van der Waals surface area contributed by atoms with E-state index < -0.39 is 0 Å². The van der Waals surface area contributed by atoms with E-state index in [1.54, 1.807) is 27.8 Å². The lowest BCUT2D eigenvalue weighted by Crippen LogP contribution is -1.92. The first-order valence-electron chi connectivity index (χ1n) is 3.85. The number of aromatic nitrogens is 4. The summed E-state index contributed by atoms with van der Waals surface area (Å²) in [6.07, 6.45) is 0. The molecule has 4 nitrogen and oxygen atoms in total. The van der Waals surface area contributed by atoms with E-state index >= 15 is 0 Å². The molecule has 2 aromatic heterocycles. The summed E-state index contributed by atoms with van der Waals surface area (Å²) in [7, 11) is 1.84. The van der Waals surface area contributed by atoms with E-state index in [1.807, 2.05) is 7.05 Å². The number of nitrogens with zero attached hydrogens (tertiary/aromatic N) is 4. The number of tetrazole rings is 1. The molecule has 0 aliphatic rings. The second-order valence-electron chi connectivity index (χ2n) is 2.58. The van der Waals surface area contributed by atoms with E-state index in [0.717, 1.165) is 14.7 Å². The summed E-state index contributed by atoms with van der Waals surface area (Å²) in [6.45, 7) is 0. The molecule has 7 heteroatoms. The largest absolute Gasteiger partial charge is 0.224 e. The minimum atomic E-state index is 0.842. The smallest absolute Gasteiger partial charge is 0.209 e. The van der Waals surface area contributed by atoms with Crippen LogP contribution in [0.1, 0.15) is 4.88 Å².